The van der Waals surface area contributed by atoms with Crippen molar-refractivity contribution in [1.82, 2.24) is 29.6 Å². The van der Waals surface area contributed by atoms with Crippen LogP contribution < -0.4 is 5.32 Å². The van der Waals surface area contributed by atoms with Gasteiger partial charge >= 0.3 is 0 Å². The van der Waals surface area contributed by atoms with Crippen molar-refractivity contribution in [3.8, 4) is 0 Å². The lowest BCUT2D eigenvalue weighted by atomic mass is 10.1. The van der Waals surface area contributed by atoms with Gasteiger partial charge in [0.05, 0.1) is 24.0 Å². The fourth-order valence-electron chi connectivity index (χ4n) is 2.86. The minimum absolute atomic E-state index is 0.0497. The van der Waals surface area contributed by atoms with Crippen LogP contribution in [-0.4, -0.2) is 29.6 Å². The van der Waals surface area contributed by atoms with Gasteiger partial charge in [0.2, 0.25) is 5.65 Å². The molecule has 1 aromatic carbocycles. The maximum Gasteiger partial charge on any atom is 0.200 e. The Balaban J connectivity index is 1.72. The molecule has 1 atom stereocenters. The van der Waals surface area contributed by atoms with Gasteiger partial charge in [-0.3, -0.25) is 4.68 Å². The summed E-state index contributed by atoms with van der Waals surface area (Å²) >= 11 is 0. The topological polar surface area (TPSA) is 72.9 Å². The van der Waals surface area contributed by atoms with E-state index in [-0.39, 0.29) is 6.04 Å². The van der Waals surface area contributed by atoms with Crippen LogP contribution in [0.2, 0.25) is 0 Å². The molecule has 25 heavy (non-hydrogen) atoms. The number of anilines is 1. The average Bonchev–Trinajstić information content (AvgIpc) is 3.33. The number of rotatable bonds is 6. The second-order valence-electron chi connectivity index (χ2n) is 5.84. The lowest BCUT2D eigenvalue weighted by Crippen LogP contribution is -2.19. The molecule has 0 bridgehead atoms. The van der Waals surface area contributed by atoms with Gasteiger partial charge in [-0.15, -0.1) is 10.2 Å². The first-order chi connectivity index (χ1) is 12.3. The molecular weight excluding hydrogens is 314 g/mol. The van der Waals surface area contributed by atoms with Crippen molar-refractivity contribution in [1.29, 1.82) is 0 Å². The van der Waals surface area contributed by atoms with Gasteiger partial charge in [0, 0.05) is 12.4 Å². The summed E-state index contributed by atoms with van der Waals surface area (Å²) in [6, 6.07) is 14.4. The molecule has 1 N–H and O–H groups in total. The highest BCUT2D eigenvalue weighted by Gasteiger charge is 2.16. The van der Waals surface area contributed by atoms with Crippen LogP contribution in [0.1, 0.15) is 24.2 Å². The van der Waals surface area contributed by atoms with Crippen LogP contribution in [0.25, 0.3) is 5.65 Å². The van der Waals surface area contributed by atoms with Crippen molar-refractivity contribution >= 4 is 11.3 Å². The summed E-state index contributed by atoms with van der Waals surface area (Å²) in [7, 11) is 0. The highest BCUT2D eigenvalue weighted by atomic mass is 15.4. The molecule has 4 rings (SSSR count). The highest BCUT2D eigenvalue weighted by molar-refractivity contribution is 5.67. The summed E-state index contributed by atoms with van der Waals surface area (Å²) in [4.78, 5) is 0. The normalized spacial score (nSPS) is 12.4. The molecule has 0 amide bonds. The zero-order valence-corrected chi connectivity index (χ0v) is 13.9. The summed E-state index contributed by atoms with van der Waals surface area (Å²) in [5.74, 6) is 0. The van der Waals surface area contributed by atoms with Crippen molar-refractivity contribution in [3.63, 3.8) is 0 Å². The van der Waals surface area contributed by atoms with E-state index in [4.69, 9.17) is 0 Å². The first-order valence-electron chi connectivity index (χ1n) is 8.32. The number of nitrogens with zero attached hydrogens (tertiary/aromatic N) is 6. The molecule has 126 valence electrons. The van der Waals surface area contributed by atoms with Gasteiger partial charge in [-0.05, 0) is 24.1 Å². The van der Waals surface area contributed by atoms with Crippen molar-refractivity contribution < 1.29 is 0 Å². The molecule has 0 saturated heterocycles. The largest absolute Gasteiger partial charge is 0.373 e. The Morgan fingerprint density at radius 2 is 2.04 bits per heavy atom. The quantitative estimate of drug-likeness (QED) is 0.587. The molecule has 3 heterocycles. The van der Waals surface area contributed by atoms with E-state index in [9.17, 15) is 0 Å². The average molecular weight is 333 g/mol. The Kier molecular flexibility index (Phi) is 4.12. The number of fused-ring (bicyclic) bond motifs is 1. The fraction of sp³-hybridized carbons (Fsp3) is 0.222. The van der Waals surface area contributed by atoms with E-state index < -0.39 is 0 Å². The SMILES string of the molecule is CCc1cc(NC(Cn2cccn2)c2ccccc2)c2nncn2n1. The molecule has 7 heteroatoms. The predicted molar refractivity (Wildman–Crippen MR) is 95.2 cm³/mol. The van der Waals surface area contributed by atoms with Crippen LogP contribution >= 0.6 is 0 Å². The summed E-state index contributed by atoms with van der Waals surface area (Å²) in [5, 5.41) is 20.6. The number of nitrogens with one attached hydrogen (secondary N) is 1. The highest BCUT2D eigenvalue weighted by Crippen LogP contribution is 2.24. The first kappa shape index (κ1) is 15.3. The van der Waals surface area contributed by atoms with E-state index in [2.05, 4.69) is 44.8 Å². The first-order valence-corrected chi connectivity index (χ1v) is 8.32. The zero-order valence-electron chi connectivity index (χ0n) is 13.9. The number of benzene rings is 1. The minimum atomic E-state index is 0.0497. The summed E-state index contributed by atoms with van der Waals surface area (Å²) in [6.45, 7) is 2.79. The fourth-order valence-corrected chi connectivity index (χ4v) is 2.86. The third kappa shape index (κ3) is 3.21. The monoisotopic (exact) mass is 333 g/mol. The van der Waals surface area contributed by atoms with Gasteiger partial charge in [0.1, 0.15) is 6.33 Å². The zero-order chi connectivity index (χ0) is 17.1. The number of hydrogen-bond acceptors (Lipinski definition) is 5. The van der Waals surface area contributed by atoms with E-state index in [0.717, 1.165) is 23.4 Å². The third-order valence-electron chi connectivity index (χ3n) is 4.14. The van der Waals surface area contributed by atoms with Gasteiger partial charge in [-0.2, -0.15) is 14.7 Å². The van der Waals surface area contributed by atoms with Crippen molar-refractivity contribution in [2.75, 3.05) is 5.32 Å². The molecule has 4 aromatic rings. The predicted octanol–water partition coefficient (Wildman–Crippen LogP) is 2.74. The van der Waals surface area contributed by atoms with Crippen LogP contribution in [0.4, 0.5) is 5.69 Å². The molecule has 0 aliphatic rings. The molecule has 7 nitrogen and oxygen atoms in total. The standard InChI is InChI=1S/C18H19N7/c1-2-15-11-16(18-22-19-13-25(18)23-15)21-17(12-24-10-6-9-20-24)14-7-4-3-5-8-14/h3-11,13,17,21H,2,12H2,1H3. The van der Waals surface area contributed by atoms with E-state index in [0.29, 0.717) is 6.54 Å². The van der Waals surface area contributed by atoms with Crippen molar-refractivity contribution in [3.05, 3.63) is 72.4 Å². The van der Waals surface area contributed by atoms with Gasteiger partial charge in [-0.1, -0.05) is 37.3 Å². The Morgan fingerprint density at radius 3 is 2.80 bits per heavy atom. The maximum absolute atomic E-state index is 4.50. The van der Waals surface area contributed by atoms with Crippen molar-refractivity contribution in [2.24, 2.45) is 0 Å². The van der Waals surface area contributed by atoms with Crippen LogP contribution in [0, 0.1) is 0 Å². The summed E-state index contributed by atoms with van der Waals surface area (Å²) < 4.78 is 3.64. The second-order valence-corrected chi connectivity index (χ2v) is 5.84. The lowest BCUT2D eigenvalue weighted by molar-refractivity contribution is 0.551. The smallest absolute Gasteiger partial charge is 0.200 e. The van der Waals surface area contributed by atoms with Crippen LogP contribution in [0.3, 0.4) is 0 Å². The van der Waals surface area contributed by atoms with E-state index in [1.165, 1.54) is 5.56 Å². The summed E-state index contributed by atoms with van der Waals surface area (Å²) in [6.07, 6.45) is 6.23. The van der Waals surface area contributed by atoms with E-state index in [1.54, 1.807) is 17.0 Å². The third-order valence-corrected chi connectivity index (χ3v) is 4.14. The molecule has 3 aromatic heterocycles. The lowest BCUT2D eigenvalue weighted by Gasteiger charge is -2.21. The second kappa shape index (κ2) is 6.72. The maximum atomic E-state index is 4.50. The van der Waals surface area contributed by atoms with Gasteiger partial charge in [0.15, 0.2) is 0 Å². The van der Waals surface area contributed by atoms with Gasteiger partial charge < -0.3 is 5.32 Å². The van der Waals surface area contributed by atoms with E-state index in [1.807, 2.05) is 41.2 Å². The Hall–Kier alpha value is -3.22. The molecule has 0 aliphatic heterocycles. The minimum Gasteiger partial charge on any atom is -0.373 e. The molecule has 0 radical (unpaired) electrons. The number of aromatic nitrogens is 6. The van der Waals surface area contributed by atoms with Crippen LogP contribution in [0.15, 0.2) is 61.2 Å². The number of hydrogen-bond donors (Lipinski definition) is 1. The molecule has 0 aliphatic carbocycles. The molecule has 0 saturated carbocycles. The van der Waals surface area contributed by atoms with Gasteiger partial charge in [0.25, 0.3) is 0 Å². The molecule has 0 fully saturated rings. The van der Waals surface area contributed by atoms with Crippen molar-refractivity contribution in [2.45, 2.75) is 25.9 Å². The molecule has 1 unspecified atom stereocenters. The van der Waals surface area contributed by atoms with E-state index >= 15 is 0 Å². The Morgan fingerprint density at radius 1 is 1.16 bits per heavy atom. The molecule has 0 spiro atoms. The van der Waals surface area contributed by atoms with Gasteiger partial charge in [-0.25, -0.2) is 0 Å². The molecular formula is C18H19N7. The Labute approximate surface area is 145 Å². The van der Waals surface area contributed by atoms with Crippen LogP contribution in [-0.2, 0) is 13.0 Å². The summed E-state index contributed by atoms with van der Waals surface area (Å²) in [5.41, 5.74) is 3.81. The Bertz CT molecular complexity index is 944. The van der Waals surface area contributed by atoms with Crippen LogP contribution in [0.5, 0.6) is 0 Å². The number of aryl methyl sites for hydroxylation is 1.